The molecule has 1 heterocycles. The highest BCUT2D eigenvalue weighted by Crippen LogP contribution is 2.28. The molecule has 1 aromatic heterocycles. The third-order valence-electron chi connectivity index (χ3n) is 4.07. The second kappa shape index (κ2) is 8.27. The molecule has 6 heteroatoms. The fraction of sp³-hybridized carbons (Fsp3) is 0.300. The number of hydrogen-bond donors (Lipinski definition) is 0. The molecule has 0 saturated carbocycles. The molecular weight excluding hydrogens is 348 g/mol. The van der Waals surface area contributed by atoms with Gasteiger partial charge in [-0.2, -0.15) is 0 Å². The number of carbonyl (C=O) groups excluding carboxylic acids is 1. The van der Waals surface area contributed by atoms with Gasteiger partial charge in [0.25, 0.3) is 0 Å². The lowest BCUT2D eigenvalue weighted by molar-refractivity contribution is 0.0526. The molecule has 0 saturated heterocycles. The average molecular weight is 370 g/mol. The van der Waals surface area contributed by atoms with E-state index in [9.17, 15) is 4.79 Å². The molecule has 26 heavy (non-hydrogen) atoms. The average Bonchev–Trinajstić information content (AvgIpc) is 3.03. The van der Waals surface area contributed by atoms with Crippen LogP contribution in [0.25, 0.3) is 11.0 Å². The van der Waals surface area contributed by atoms with E-state index in [2.05, 4.69) is 23.6 Å². The maximum atomic E-state index is 11.9. The standard InChI is InChI=1S/C20H22N2O3S/c1-4-22-18-11-8-15(19(23)25-5-2)12-17(18)21-20(22)26-13-14-6-9-16(24-3)10-7-14/h6-12H,4-5,13H2,1-3H3. The SMILES string of the molecule is CCOC(=O)c1ccc2c(c1)nc(SCc1ccc(OC)cc1)n2CC. The van der Waals surface area contributed by atoms with Crippen LogP contribution < -0.4 is 4.74 Å². The van der Waals surface area contributed by atoms with Crippen LogP contribution in [0.1, 0.15) is 29.8 Å². The lowest BCUT2D eigenvalue weighted by atomic mass is 10.2. The summed E-state index contributed by atoms with van der Waals surface area (Å²) in [7, 11) is 1.66. The molecule has 0 radical (unpaired) electrons. The molecule has 0 amide bonds. The number of carbonyl (C=O) groups is 1. The molecule has 0 aliphatic heterocycles. The van der Waals surface area contributed by atoms with Crippen LogP contribution in [-0.4, -0.2) is 29.2 Å². The van der Waals surface area contributed by atoms with Gasteiger partial charge in [-0.15, -0.1) is 0 Å². The van der Waals surface area contributed by atoms with Crippen molar-refractivity contribution in [2.75, 3.05) is 13.7 Å². The van der Waals surface area contributed by atoms with Gasteiger partial charge in [0.05, 0.1) is 30.3 Å². The van der Waals surface area contributed by atoms with Crippen LogP contribution in [0.15, 0.2) is 47.6 Å². The first-order chi connectivity index (χ1) is 12.7. The van der Waals surface area contributed by atoms with Gasteiger partial charge in [-0.25, -0.2) is 9.78 Å². The molecule has 0 unspecified atom stereocenters. The third-order valence-corrected chi connectivity index (χ3v) is 5.12. The summed E-state index contributed by atoms with van der Waals surface area (Å²) in [6.07, 6.45) is 0. The lowest BCUT2D eigenvalue weighted by Crippen LogP contribution is -2.04. The molecule has 3 rings (SSSR count). The second-order valence-corrected chi connectivity index (χ2v) is 6.64. The van der Waals surface area contributed by atoms with Gasteiger partial charge in [0, 0.05) is 12.3 Å². The minimum atomic E-state index is -0.312. The van der Waals surface area contributed by atoms with Crippen LogP contribution in [0.2, 0.25) is 0 Å². The molecule has 0 bridgehead atoms. The summed E-state index contributed by atoms with van der Waals surface area (Å²) >= 11 is 1.68. The first kappa shape index (κ1) is 18.3. The third kappa shape index (κ3) is 3.85. The van der Waals surface area contributed by atoms with Crippen LogP contribution in [0.4, 0.5) is 0 Å². The fourth-order valence-corrected chi connectivity index (χ4v) is 3.77. The van der Waals surface area contributed by atoms with Crippen molar-refractivity contribution in [1.29, 1.82) is 0 Å². The molecule has 0 aliphatic rings. The number of benzene rings is 2. The molecule has 5 nitrogen and oxygen atoms in total. The quantitative estimate of drug-likeness (QED) is 0.452. The van der Waals surface area contributed by atoms with Gasteiger partial charge in [0.15, 0.2) is 5.16 Å². The van der Waals surface area contributed by atoms with Crippen molar-refractivity contribution in [1.82, 2.24) is 9.55 Å². The molecule has 2 aromatic carbocycles. The van der Waals surface area contributed by atoms with Gasteiger partial charge in [0.2, 0.25) is 0 Å². The van der Waals surface area contributed by atoms with Crippen molar-refractivity contribution in [3.05, 3.63) is 53.6 Å². The maximum Gasteiger partial charge on any atom is 0.338 e. The number of methoxy groups -OCH3 is 1. The number of fused-ring (bicyclic) bond motifs is 1. The molecule has 3 aromatic rings. The Morgan fingerprint density at radius 2 is 1.92 bits per heavy atom. The summed E-state index contributed by atoms with van der Waals surface area (Å²) < 4.78 is 12.4. The normalized spacial score (nSPS) is 10.9. The summed E-state index contributed by atoms with van der Waals surface area (Å²) in [5, 5.41) is 0.944. The number of hydrogen-bond acceptors (Lipinski definition) is 5. The summed E-state index contributed by atoms with van der Waals surface area (Å²) in [5.74, 6) is 1.36. The topological polar surface area (TPSA) is 53.4 Å². The smallest absolute Gasteiger partial charge is 0.338 e. The Hall–Kier alpha value is -2.47. The van der Waals surface area contributed by atoms with Crippen molar-refractivity contribution in [2.24, 2.45) is 0 Å². The number of ether oxygens (including phenoxy) is 2. The molecule has 0 atom stereocenters. The molecule has 0 aliphatic carbocycles. The van der Waals surface area contributed by atoms with Gasteiger partial charge < -0.3 is 14.0 Å². The van der Waals surface area contributed by atoms with Crippen LogP contribution in [-0.2, 0) is 17.0 Å². The van der Waals surface area contributed by atoms with E-state index < -0.39 is 0 Å². The second-order valence-electron chi connectivity index (χ2n) is 5.70. The largest absolute Gasteiger partial charge is 0.497 e. The molecule has 0 N–H and O–H groups in total. The van der Waals surface area contributed by atoms with Crippen molar-refractivity contribution in [2.45, 2.75) is 31.3 Å². The first-order valence-corrected chi connectivity index (χ1v) is 9.58. The molecule has 0 spiro atoms. The number of esters is 1. The molecular formula is C20H22N2O3S. The van der Waals surface area contributed by atoms with Gasteiger partial charge in [-0.3, -0.25) is 0 Å². The lowest BCUT2D eigenvalue weighted by Gasteiger charge is -2.06. The van der Waals surface area contributed by atoms with Crippen LogP contribution in [0.3, 0.4) is 0 Å². The number of thioether (sulfide) groups is 1. The minimum Gasteiger partial charge on any atom is -0.497 e. The minimum absolute atomic E-state index is 0.312. The Morgan fingerprint density at radius 3 is 2.58 bits per heavy atom. The molecule has 136 valence electrons. The predicted molar refractivity (Wildman–Crippen MR) is 104 cm³/mol. The summed E-state index contributed by atoms with van der Waals surface area (Å²) in [6, 6.07) is 13.6. The summed E-state index contributed by atoms with van der Waals surface area (Å²) in [5.41, 5.74) is 3.58. The zero-order chi connectivity index (χ0) is 18.5. The Bertz CT molecular complexity index is 903. The number of aromatic nitrogens is 2. The van der Waals surface area contributed by atoms with Crippen molar-refractivity contribution < 1.29 is 14.3 Å². The van der Waals surface area contributed by atoms with Crippen LogP contribution in [0, 0.1) is 0 Å². The van der Waals surface area contributed by atoms with Crippen molar-refractivity contribution >= 4 is 28.8 Å². The highest BCUT2D eigenvalue weighted by atomic mass is 32.2. The van der Waals surface area contributed by atoms with E-state index in [1.807, 2.05) is 18.2 Å². The Kier molecular flexibility index (Phi) is 5.83. The number of aryl methyl sites for hydroxylation is 1. The van der Waals surface area contributed by atoms with Crippen molar-refractivity contribution in [3.8, 4) is 5.75 Å². The van der Waals surface area contributed by atoms with Gasteiger partial charge in [-0.05, 0) is 49.7 Å². The van der Waals surface area contributed by atoms with Gasteiger partial charge in [0.1, 0.15) is 5.75 Å². The fourth-order valence-electron chi connectivity index (χ4n) is 2.73. The number of rotatable bonds is 7. The molecule has 0 fully saturated rings. The van der Waals surface area contributed by atoms with Gasteiger partial charge >= 0.3 is 5.97 Å². The van der Waals surface area contributed by atoms with E-state index in [0.717, 1.165) is 34.2 Å². The Balaban J connectivity index is 1.83. The monoisotopic (exact) mass is 370 g/mol. The Morgan fingerprint density at radius 1 is 1.15 bits per heavy atom. The van der Waals surface area contributed by atoms with E-state index in [1.54, 1.807) is 37.9 Å². The first-order valence-electron chi connectivity index (χ1n) is 8.59. The van der Waals surface area contributed by atoms with Crippen molar-refractivity contribution in [3.63, 3.8) is 0 Å². The highest BCUT2D eigenvalue weighted by molar-refractivity contribution is 7.98. The maximum absolute atomic E-state index is 11.9. The van der Waals surface area contributed by atoms with E-state index in [0.29, 0.717) is 12.2 Å². The van der Waals surface area contributed by atoms with Crippen LogP contribution in [0.5, 0.6) is 5.75 Å². The summed E-state index contributed by atoms with van der Waals surface area (Å²) in [4.78, 5) is 16.7. The number of imidazole rings is 1. The zero-order valence-electron chi connectivity index (χ0n) is 15.2. The predicted octanol–water partition coefficient (Wildman–Crippen LogP) is 4.53. The van der Waals surface area contributed by atoms with E-state index >= 15 is 0 Å². The van der Waals surface area contributed by atoms with E-state index in [4.69, 9.17) is 14.5 Å². The Labute approximate surface area is 157 Å². The number of nitrogens with zero attached hydrogens (tertiary/aromatic N) is 2. The van der Waals surface area contributed by atoms with E-state index in [1.165, 1.54) is 5.56 Å². The summed E-state index contributed by atoms with van der Waals surface area (Å²) in [6.45, 7) is 5.08. The van der Waals surface area contributed by atoms with Crippen LogP contribution >= 0.6 is 11.8 Å². The highest BCUT2D eigenvalue weighted by Gasteiger charge is 2.14. The van der Waals surface area contributed by atoms with E-state index in [-0.39, 0.29) is 5.97 Å². The van der Waals surface area contributed by atoms with Gasteiger partial charge in [-0.1, -0.05) is 23.9 Å². The zero-order valence-corrected chi connectivity index (χ0v) is 16.0.